The number of benzene rings is 3. The summed E-state index contributed by atoms with van der Waals surface area (Å²) in [6.07, 6.45) is 1.76. The van der Waals surface area contributed by atoms with Gasteiger partial charge in [0.25, 0.3) is 0 Å². The lowest BCUT2D eigenvalue weighted by Crippen LogP contribution is -2.64. The number of carboxylic acid groups (broad SMARTS) is 1. The summed E-state index contributed by atoms with van der Waals surface area (Å²) >= 11 is 0. The summed E-state index contributed by atoms with van der Waals surface area (Å²) in [5.41, 5.74) is 0.00602. The summed E-state index contributed by atoms with van der Waals surface area (Å²) in [6, 6.07) is 19.0. The van der Waals surface area contributed by atoms with Gasteiger partial charge < -0.3 is 24.6 Å². The maximum Gasteiger partial charge on any atom is 0.410 e. The Balaban J connectivity index is 1.23. The van der Waals surface area contributed by atoms with Crippen molar-refractivity contribution >= 4 is 28.1 Å². The van der Waals surface area contributed by atoms with E-state index in [4.69, 9.17) is 14.2 Å². The zero-order chi connectivity index (χ0) is 33.6. The number of nitrogens with zero attached hydrogens (tertiary/aromatic N) is 1. The molecule has 1 unspecified atom stereocenters. The number of carboxylic acids is 1. The van der Waals surface area contributed by atoms with Crippen LogP contribution in [0.5, 0.6) is 5.75 Å². The van der Waals surface area contributed by atoms with E-state index in [0.29, 0.717) is 18.4 Å². The minimum absolute atomic E-state index is 0.0469. The highest BCUT2D eigenvalue weighted by Gasteiger charge is 2.52. The third-order valence-electron chi connectivity index (χ3n) is 8.33. The van der Waals surface area contributed by atoms with Crippen LogP contribution in [-0.4, -0.2) is 61.3 Å². The second-order valence-electron chi connectivity index (χ2n) is 11.8. The summed E-state index contributed by atoms with van der Waals surface area (Å²) in [5, 5.41) is 12.0. The Morgan fingerprint density at radius 3 is 2.34 bits per heavy atom. The van der Waals surface area contributed by atoms with Crippen LogP contribution in [0.2, 0.25) is 0 Å². The van der Waals surface area contributed by atoms with Crippen LogP contribution in [0.3, 0.4) is 0 Å². The minimum Gasteiger partial charge on any atom is -0.480 e. The van der Waals surface area contributed by atoms with Crippen LogP contribution in [0.4, 0.5) is 9.18 Å². The van der Waals surface area contributed by atoms with Gasteiger partial charge in [0.05, 0.1) is 23.9 Å². The van der Waals surface area contributed by atoms with Gasteiger partial charge in [0.2, 0.25) is 16.3 Å². The smallest absolute Gasteiger partial charge is 0.410 e. The Labute approximate surface area is 272 Å². The van der Waals surface area contributed by atoms with Crippen molar-refractivity contribution in [3.05, 3.63) is 95.8 Å². The van der Waals surface area contributed by atoms with E-state index in [-0.39, 0.29) is 36.1 Å². The highest BCUT2D eigenvalue weighted by molar-refractivity contribution is 7.89. The van der Waals surface area contributed by atoms with Crippen molar-refractivity contribution in [2.45, 2.75) is 68.3 Å². The van der Waals surface area contributed by atoms with Crippen LogP contribution < -0.4 is 10.1 Å². The Bertz CT molecular complexity index is 1690. The van der Waals surface area contributed by atoms with Gasteiger partial charge in [0.1, 0.15) is 17.6 Å². The topological polar surface area (TPSA) is 149 Å². The largest absolute Gasteiger partial charge is 0.480 e. The number of amides is 1. The number of hydrogen-bond donors (Lipinski definition) is 2. The first-order chi connectivity index (χ1) is 22.4. The van der Waals surface area contributed by atoms with Crippen LogP contribution in [0.15, 0.2) is 83.8 Å². The Kier molecular flexibility index (Phi) is 10.5. The second-order valence-corrected chi connectivity index (χ2v) is 13.8. The van der Waals surface area contributed by atoms with Crippen LogP contribution in [-0.2, 0) is 41.1 Å². The number of ether oxygens (including phenoxy) is 3. The fraction of sp³-hybridized carbons (Fsp3) is 0.382. The summed E-state index contributed by atoms with van der Waals surface area (Å²) < 4.78 is 59.0. The zero-order valence-corrected chi connectivity index (χ0v) is 26.7. The lowest BCUT2D eigenvalue weighted by molar-refractivity contribution is -0.171. The molecule has 0 bridgehead atoms. The third kappa shape index (κ3) is 8.27. The molecule has 5 rings (SSSR count). The van der Waals surface area contributed by atoms with Gasteiger partial charge in [-0.2, -0.15) is 4.31 Å². The summed E-state index contributed by atoms with van der Waals surface area (Å²) in [7, 11) is -4.05. The molecule has 3 aromatic carbocycles. The van der Waals surface area contributed by atoms with E-state index in [2.05, 4.69) is 5.32 Å². The van der Waals surface area contributed by atoms with Gasteiger partial charge in [-0.1, -0.05) is 67.8 Å². The summed E-state index contributed by atoms with van der Waals surface area (Å²) in [5.74, 6) is -2.30. The first-order valence-electron chi connectivity index (χ1n) is 15.4. The van der Waals surface area contributed by atoms with Gasteiger partial charge in [0, 0.05) is 19.4 Å². The quantitative estimate of drug-likeness (QED) is 0.201. The number of hydrogen-bond acceptors (Lipinski definition) is 8. The summed E-state index contributed by atoms with van der Waals surface area (Å²) in [4.78, 5) is 36.8. The highest BCUT2D eigenvalue weighted by Crippen LogP contribution is 2.40. The van der Waals surface area contributed by atoms with Crippen molar-refractivity contribution in [2.75, 3.05) is 13.1 Å². The monoisotopic (exact) mass is 668 g/mol. The predicted molar refractivity (Wildman–Crippen MR) is 167 cm³/mol. The molecule has 47 heavy (non-hydrogen) atoms. The molecular formula is C34H37FN2O9S. The minimum atomic E-state index is -4.05. The SMILES string of the molecule is CC(OC(=O)N[C@@H](Cc1cccc(S(=O)(=O)N2CC(Oc3cccc(F)c3)(c3ccccc3)C2)c1)C(=O)O)OC(=O)C1CCCCC1. The van der Waals surface area contributed by atoms with E-state index >= 15 is 0 Å². The van der Waals surface area contributed by atoms with Crippen molar-refractivity contribution in [1.29, 1.82) is 0 Å². The molecule has 1 aliphatic heterocycles. The maximum atomic E-state index is 13.9. The maximum absolute atomic E-state index is 13.9. The molecule has 1 heterocycles. The lowest BCUT2D eigenvalue weighted by atomic mass is 9.87. The number of carbonyl (C=O) groups is 3. The summed E-state index contributed by atoms with van der Waals surface area (Å²) in [6.45, 7) is 1.28. The molecule has 2 aliphatic rings. The van der Waals surface area contributed by atoms with Gasteiger partial charge >= 0.3 is 18.0 Å². The van der Waals surface area contributed by atoms with E-state index in [1.807, 2.05) is 18.2 Å². The molecular weight excluding hydrogens is 631 g/mol. The molecule has 0 aromatic heterocycles. The van der Waals surface area contributed by atoms with Crippen molar-refractivity contribution in [3.8, 4) is 5.75 Å². The number of sulfonamides is 1. The molecule has 3 aromatic rings. The second kappa shape index (κ2) is 14.5. The molecule has 250 valence electrons. The fourth-order valence-corrected chi connectivity index (χ4v) is 7.47. The van der Waals surface area contributed by atoms with Gasteiger partial charge in [-0.3, -0.25) is 4.79 Å². The first kappa shape index (κ1) is 33.9. The Morgan fingerprint density at radius 1 is 0.957 bits per heavy atom. The van der Waals surface area contributed by atoms with Crippen LogP contribution in [0.25, 0.3) is 0 Å². The predicted octanol–water partition coefficient (Wildman–Crippen LogP) is 5.00. The standard InChI is InChI=1S/C34H37FN2O9S/c1-23(44-32(40)25-11-4-2-5-12-25)45-33(41)36-30(31(38)39)19-24-10-8-17-29(18-24)47(42,43)37-21-34(22-37,26-13-6-3-7-14-26)46-28-16-9-15-27(35)20-28/h3,6-10,13-18,20,23,25,30H,2,4-5,11-12,19,21-22H2,1H3,(H,36,41)(H,38,39)/t23?,30-/m0/s1. The van der Waals surface area contributed by atoms with Gasteiger partial charge in [-0.25, -0.2) is 22.4 Å². The molecule has 2 atom stereocenters. The van der Waals surface area contributed by atoms with Crippen molar-refractivity contribution < 1.29 is 46.5 Å². The third-order valence-corrected chi connectivity index (χ3v) is 10.1. The molecule has 2 fully saturated rings. The Hall–Kier alpha value is -4.49. The van der Waals surface area contributed by atoms with Gasteiger partial charge in [0.15, 0.2) is 5.60 Å². The normalized spacial score (nSPS) is 17.8. The molecule has 0 radical (unpaired) electrons. The Morgan fingerprint density at radius 2 is 1.66 bits per heavy atom. The average molecular weight is 669 g/mol. The van der Waals surface area contributed by atoms with E-state index in [1.165, 1.54) is 47.6 Å². The molecule has 1 amide bonds. The van der Waals surface area contributed by atoms with Crippen molar-refractivity contribution in [2.24, 2.45) is 5.92 Å². The molecule has 1 saturated heterocycles. The number of esters is 1. The van der Waals surface area contributed by atoms with E-state index in [0.717, 1.165) is 24.8 Å². The average Bonchev–Trinajstić information content (AvgIpc) is 3.03. The zero-order valence-electron chi connectivity index (χ0n) is 25.8. The number of halogens is 1. The fourth-order valence-electron chi connectivity index (χ4n) is 5.86. The van der Waals surface area contributed by atoms with Crippen molar-refractivity contribution in [3.63, 3.8) is 0 Å². The van der Waals surface area contributed by atoms with Crippen LogP contribution in [0.1, 0.15) is 50.2 Å². The lowest BCUT2D eigenvalue weighted by Gasteiger charge is -2.48. The number of aliphatic carboxylic acids is 1. The molecule has 0 spiro atoms. The highest BCUT2D eigenvalue weighted by atomic mass is 32.2. The molecule has 13 heteroatoms. The van der Waals surface area contributed by atoms with Gasteiger partial charge in [-0.05, 0) is 48.2 Å². The number of nitrogens with one attached hydrogen (secondary N) is 1. The van der Waals surface area contributed by atoms with E-state index < -0.39 is 51.8 Å². The molecule has 1 saturated carbocycles. The number of rotatable bonds is 12. The molecule has 2 N–H and O–H groups in total. The van der Waals surface area contributed by atoms with Crippen LogP contribution >= 0.6 is 0 Å². The number of carbonyl (C=O) groups excluding carboxylic acids is 2. The number of alkyl carbamates (subject to hydrolysis) is 1. The van der Waals surface area contributed by atoms with Crippen LogP contribution in [0, 0.1) is 11.7 Å². The first-order valence-corrected chi connectivity index (χ1v) is 16.9. The van der Waals surface area contributed by atoms with Gasteiger partial charge in [-0.15, -0.1) is 0 Å². The van der Waals surface area contributed by atoms with E-state index in [1.54, 1.807) is 24.3 Å². The molecule has 11 nitrogen and oxygen atoms in total. The molecule has 1 aliphatic carbocycles. The van der Waals surface area contributed by atoms with E-state index in [9.17, 15) is 32.3 Å². The van der Waals surface area contributed by atoms with Crippen molar-refractivity contribution in [1.82, 2.24) is 9.62 Å².